The van der Waals surface area contributed by atoms with Crippen LogP contribution in [-0.4, -0.2) is 10.9 Å². The minimum absolute atomic E-state index is 0.219. The maximum absolute atomic E-state index is 5.82. The standard InChI is InChI=1S/C23H21N3O3/c1-16-11-12-25-21(16)13-20(15-24)28-23-14-22(29-26-23)17-7-9-19(10-8-17)27-18-5-3-2-4-6-18/h2-13,15,22,25H,1,14,24H2/b20-15+,21-13+/t22-/m0/s1. The average molecular weight is 387 g/mol. The minimum atomic E-state index is -0.219. The number of benzene rings is 2. The smallest absolute Gasteiger partial charge is 0.235 e. The van der Waals surface area contributed by atoms with Crippen LogP contribution in [0.15, 0.2) is 84.0 Å². The van der Waals surface area contributed by atoms with Gasteiger partial charge in [-0.05, 0) is 41.1 Å². The molecule has 1 aliphatic rings. The van der Waals surface area contributed by atoms with Crippen LogP contribution in [0.4, 0.5) is 0 Å². The molecule has 4 rings (SSSR count). The fraction of sp³-hybridized carbons (Fsp3) is 0.0870. The van der Waals surface area contributed by atoms with E-state index in [2.05, 4.69) is 16.7 Å². The molecule has 0 radical (unpaired) electrons. The molecule has 6 heteroatoms. The summed E-state index contributed by atoms with van der Waals surface area (Å²) < 4.78 is 11.6. The lowest BCUT2D eigenvalue weighted by Gasteiger charge is -2.10. The number of para-hydroxylation sites is 1. The van der Waals surface area contributed by atoms with Gasteiger partial charge in [0.1, 0.15) is 17.3 Å². The van der Waals surface area contributed by atoms with E-state index in [1.165, 1.54) is 6.20 Å². The molecule has 0 fully saturated rings. The maximum Gasteiger partial charge on any atom is 0.235 e. The third kappa shape index (κ3) is 4.50. The number of aromatic amines is 1. The van der Waals surface area contributed by atoms with Gasteiger partial charge in [-0.1, -0.05) is 42.1 Å². The van der Waals surface area contributed by atoms with Crippen LogP contribution in [0.5, 0.6) is 11.5 Å². The molecule has 3 aromatic rings. The number of aromatic nitrogens is 1. The number of nitrogens with two attached hydrogens (primary N) is 1. The third-order valence-electron chi connectivity index (χ3n) is 4.43. The highest BCUT2D eigenvalue weighted by Gasteiger charge is 2.24. The summed E-state index contributed by atoms with van der Waals surface area (Å²) in [4.78, 5) is 8.61. The Hall–Kier alpha value is -3.93. The molecule has 1 aliphatic heterocycles. The fourth-order valence-corrected chi connectivity index (χ4v) is 2.91. The van der Waals surface area contributed by atoms with Crippen molar-refractivity contribution in [3.05, 3.63) is 95.0 Å². The van der Waals surface area contributed by atoms with Gasteiger partial charge < -0.3 is 25.0 Å². The number of oxime groups is 1. The quantitative estimate of drug-likeness (QED) is 0.658. The van der Waals surface area contributed by atoms with Crippen molar-refractivity contribution in [1.29, 1.82) is 0 Å². The number of hydrogen-bond acceptors (Lipinski definition) is 5. The van der Waals surface area contributed by atoms with Crippen LogP contribution in [-0.2, 0) is 9.57 Å². The topological polar surface area (TPSA) is 81.9 Å². The van der Waals surface area contributed by atoms with Crippen LogP contribution in [0.3, 0.4) is 0 Å². The molecular formula is C23H21N3O3. The van der Waals surface area contributed by atoms with E-state index < -0.39 is 0 Å². The second-order valence-corrected chi connectivity index (χ2v) is 6.50. The van der Waals surface area contributed by atoms with Crippen molar-refractivity contribution in [2.75, 3.05) is 0 Å². The Morgan fingerprint density at radius 1 is 1.10 bits per heavy atom. The summed E-state index contributed by atoms with van der Waals surface area (Å²) in [5.41, 5.74) is 6.67. The van der Waals surface area contributed by atoms with Gasteiger partial charge in [-0.3, -0.25) is 0 Å². The number of nitrogens with zero attached hydrogens (tertiary/aromatic N) is 1. The highest BCUT2D eigenvalue weighted by Crippen LogP contribution is 2.30. The molecular weight excluding hydrogens is 366 g/mol. The highest BCUT2D eigenvalue weighted by molar-refractivity contribution is 5.79. The summed E-state index contributed by atoms with van der Waals surface area (Å²) in [5, 5.41) is 5.72. The number of hydrogen-bond donors (Lipinski definition) is 2. The summed E-state index contributed by atoms with van der Waals surface area (Å²) in [5.74, 6) is 2.48. The first-order valence-corrected chi connectivity index (χ1v) is 9.20. The van der Waals surface area contributed by atoms with Crippen molar-refractivity contribution in [3.8, 4) is 11.5 Å². The van der Waals surface area contributed by atoms with Gasteiger partial charge in [0.2, 0.25) is 5.90 Å². The zero-order chi connectivity index (χ0) is 20.1. The molecule has 1 aromatic heterocycles. The van der Waals surface area contributed by atoms with Gasteiger partial charge in [-0.2, -0.15) is 0 Å². The predicted octanol–water partition coefficient (Wildman–Crippen LogP) is 3.29. The molecule has 0 saturated heterocycles. The van der Waals surface area contributed by atoms with Gasteiger partial charge in [0, 0.05) is 23.8 Å². The van der Waals surface area contributed by atoms with Crippen molar-refractivity contribution >= 4 is 18.6 Å². The minimum Gasteiger partial charge on any atom is -0.457 e. The lowest BCUT2D eigenvalue weighted by Crippen LogP contribution is -2.21. The van der Waals surface area contributed by atoms with Crippen LogP contribution in [0.2, 0.25) is 0 Å². The summed E-state index contributed by atoms with van der Waals surface area (Å²) in [6.07, 6.45) is 5.24. The van der Waals surface area contributed by atoms with Crippen molar-refractivity contribution in [2.45, 2.75) is 12.5 Å². The second-order valence-electron chi connectivity index (χ2n) is 6.50. The molecule has 0 spiro atoms. The Morgan fingerprint density at radius 2 is 1.86 bits per heavy atom. The number of allylic oxidation sites excluding steroid dienone is 1. The Bertz CT molecular complexity index is 1130. The summed E-state index contributed by atoms with van der Waals surface area (Å²) in [6.45, 7) is 3.93. The van der Waals surface area contributed by atoms with Crippen LogP contribution >= 0.6 is 0 Å². The predicted molar refractivity (Wildman–Crippen MR) is 112 cm³/mol. The van der Waals surface area contributed by atoms with Crippen molar-refractivity contribution in [1.82, 2.24) is 4.98 Å². The molecule has 0 aliphatic carbocycles. The van der Waals surface area contributed by atoms with Crippen LogP contribution in [0, 0.1) is 0 Å². The summed E-state index contributed by atoms with van der Waals surface area (Å²) in [7, 11) is 0. The first kappa shape index (κ1) is 18.4. The molecule has 2 aromatic carbocycles. The molecule has 146 valence electrons. The molecule has 1 atom stereocenters. The summed E-state index contributed by atoms with van der Waals surface area (Å²) >= 11 is 0. The van der Waals surface area contributed by atoms with E-state index in [0.717, 1.165) is 27.6 Å². The van der Waals surface area contributed by atoms with E-state index in [1.807, 2.05) is 60.7 Å². The Labute approximate surface area is 168 Å². The van der Waals surface area contributed by atoms with E-state index in [0.29, 0.717) is 18.1 Å². The Kier molecular flexibility index (Phi) is 5.33. The number of ether oxygens (including phenoxy) is 2. The lowest BCUT2D eigenvalue weighted by molar-refractivity contribution is 0.0854. The van der Waals surface area contributed by atoms with Gasteiger partial charge in [-0.15, -0.1) is 0 Å². The van der Waals surface area contributed by atoms with E-state index >= 15 is 0 Å². The van der Waals surface area contributed by atoms with Crippen LogP contribution in [0.1, 0.15) is 18.1 Å². The zero-order valence-corrected chi connectivity index (χ0v) is 15.7. The molecule has 0 amide bonds. The third-order valence-corrected chi connectivity index (χ3v) is 4.43. The van der Waals surface area contributed by atoms with Crippen molar-refractivity contribution < 1.29 is 14.3 Å². The Balaban J connectivity index is 1.38. The van der Waals surface area contributed by atoms with Crippen LogP contribution in [0.25, 0.3) is 12.7 Å². The van der Waals surface area contributed by atoms with E-state index in [4.69, 9.17) is 20.0 Å². The molecule has 0 unspecified atom stereocenters. The second kappa shape index (κ2) is 8.39. The first-order valence-electron chi connectivity index (χ1n) is 9.20. The van der Waals surface area contributed by atoms with E-state index in [1.54, 1.807) is 12.3 Å². The van der Waals surface area contributed by atoms with Crippen molar-refractivity contribution in [3.63, 3.8) is 0 Å². The number of rotatable bonds is 5. The average Bonchev–Trinajstić information content (AvgIpc) is 3.38. The van der Waals surface area contributed by atoms with E-state index in [-0.39, 0.29) is 6.10 Å². The largest absolute Gasteiger partial charge is 0.457 e. The zero-order valence-electron chi connectivity index (χ0n) is 15.7. The van der Waals surface area contributed by atoms with Gasteiger partial charge in [-0.25, -0.2) is 0 Å². The maximum atomic E-state index is 5.82. The summed E-state index contributed by atoms with van der Waals surface area (Å²) in [6, 6.07) is 19.3. The van der Waals surface area contributed by atoms with E-state index in [9.17, 15) is 0 Å². The molecule has 0 bridgehead atoms. The molecule has 2 heterocycles. The monoisotopic (exact) mass is 387 g/mol. The van der Waals surface area contributed by atoms with Gasteiger partial charge in [0.25, 0.3) is 0 Å². The van der Waals surface area contributed by atoms with Crippen molar-refractivity contribution in [2.24, 2.45) is 10.9 Å². The van der Waals surface area contributed by atoms with Crippen LogP contribution < -0.4 is 21.0 Å². The highest BCUT2D eigenvalue weighted by atomic mass is 16.7. The number of H-pyrrole nitrogens is 1. The number of nitrogens with one attached hydrogen (secondary N) is 1. The first-order chi connectivity index (χ1) is 14.2. The van der Waals surface area contributed by atoms with Gasteiger partial charge in [0.15, 0.2) is 6.10 Å². The van der Waals surface area contributed by atoms with Gasteiger partial charge >= 0.3 is 0 Å². The molecule has 0 saturated carbocycles. The fourth-order valence-electron chi connectivity index (χ4n) is 2.91. The SMILES string of the molecule is C=c1cc[nH]/c1=C/C(=C\N)OC1=NO[C@H](c2ccc(Oc3ccccc3)cc2)C1. The molecule has 3 N–H and O–H groups in total. The normalized spacial score (nSPS) is 17.0. The van der Waals surface area contributed by atoms with Gasteiger partial charge in [0.05, 0.1) is 6.42 Å². The lowest BCUT2D eigenvalue weighted by atomic mass is 10.1. The molecule has 6 nitrogen and oxygen atoms in total. The Morgan fingerprint density at radius 3 is 2.55 bits per heavy atom. The molecule has 29 heavy (non-hydrogen) atoms.